The predicted molar refractivity (Wildman–Crippen MR) is 76.9 cm³/mol. The van der Waals surface area contributed by atoms with Gasteiger partial charge < -0.3 is 8.98 Å². The van der Waals surface area contributed by atoms with Crippen LogP contribution in [0.15, 0.2) is 52.0 Å². The Morgan fingerprint density at radius 2 is 2.19 bits per heavy atom. The molecule has 0 saturated heterocycles. The average molecular weight is 302 g/mol. The van der Waals surface area contributed by atoms with Crippen molar-refractivity contribution < 1.29 is 9.21 Å². The third kappa shape index (κ3) is 3.06. The van der Waals surface area contributed by atoms with Crippen molar-refractivity contribution in [2.45, 2.75) is 6.54 Å². The predicted octanol–water partition coefficient (Wildman–Crippen LogP) is 1.60. The van der Waals surface area contributed by atoms with Crippen LogP contribution in [0.3, 0.4) is 0 Å². The molecule has 0 fully saturated rings. The second-order valence-electron chi connectivity index (χ2n) is 4.10. The second-order valence-corrected chi connectivity index (χ2v) is 5.08. The number of carbonyl (C=O) groups is 1. The Morgan fingerprint density at radius 3 is 2.95 bits per heavy atom. The van der Waals surface area contributed by atoms with Gasteiger partial charge in [-0.15, -0.1) is 10.2 Å². The number of pyridine rings is 1. The summed E-state index contributed by atoms with van der Waals surface area (Å²) < 4.78 is 6.51. The maximum Gasteiger partial charge on any atom is 0.250 e. The van der Waals surface area contributed by atoms with Crippen molar-refractivity contribution in [3.8, 4) is 10.8 Å². The van der Waals surface area contributed by atoms with Crippen molar-refractivity contribution in [2.75, 3.05) is 5.32 Å². The minimum atomic E-state index is -0.342. The van der Waals surface area contributed by atoms with Crippen LogP contribution >= 0.6 is 11.3 Å². The van der Waals surface area contributed by atoms with Crippen molar-refractivity contribution in [3.05, 3.63) is 53.1 Å². The Balaban J connectivity index is 1.68. The molecule has 0 radical (unpaired) electrons. The third-order valence-corrected chi connectivity index (χ3v) is 3.47. The van der Waals surface area contributed by atoms with Crippen molar-refractivity contribution in [2.24, 2.45) is 0 Å². The van der Waals surface area contributed by atoms with Crippen molar-refractivity contribution in [1.82, 2.24) is 14.8 Å². The zero-order chi connectivity index (χ0) is 14.7. The van der Waals surface area contributed by atoms with E-state index in [9.17, 15) is 9.59 Å². The summed E-state index contributed by atoms with van der Waals surface area (Å²) in [6.45, 7) is -0.0741. The van der Waals surface area contributed by atoms with Crippen LogP contribution in [0.2, 0.25) is 0 Å². The van der Waals surface area contributed by atoms with E-state index in [4.69, 9.17) is 4.42 Å². The molecule has 0 aromatic carbocycles. The molecule has 0 aliphatic carbocycles. The van der Waals surface area contributed by atoms with E-state index in [-0.39, 0.29) is 18.0 Å². The van der Waals surface area contributed by atoms with Gasteiger partial charge in [-0.25, -0.2) is 0 Å². The highest BCUT2D eigenvalue weighted by Crippen LogP contribution is 2.26. The van der Waals surface area contributed by atoms with E-state index in [2.05, 4.69) is 15.5 Å². The second kappa shape index (κ2) is 5.71. The summed E-state index contributed by atoms with van der Waals surface area (Å²) in [6, 6.07) is 8.21. The molecule has 0 aliphatic heterocycles. The molecule has 0 spiro atoms. The molecule has 1 amide bonds. The third-order valence-electron chi connectivity index (χ3n) is 2.62. The molecule has 0 aliphatic rings. The molecule has 3 aromatic rings. The molecule has 3 heterocycles. The molecular formula is C13H10N4O3S. The molecular weight excluding hydrogens is 292 g/mol. The summed E-state index contributed by atoms with van der Waals surface area (Å²) in [5.74, 6) is 0.248. The summed E-state index contributed by atoms with van der Waals surface area (Å²) in [6.07, 6.45) is 3.09. The lowest BCUT2D eigenvalue weighted by Gasteiger charge is -2.03. The lowest BCUT2D eigenvalue weighted by molar-refractivity contribution is -0.116. The maximum atomic E-state index is 11.9. The van der Waals surface area contributed by atoms with Gasteiger partial charge in [-0.05, 0) is 18.2 Å². The van der Waals surface area contributed by atoms with Gasteiger partial charge in [0.05, 0.1) is 6.26 Å². The van der Waals surface area contributed by atoms with Crippen LogP contribution in [0.25, 0.3) is 10.8 Å². The summed E-state index contributed by atoms with van der Waals surface area (Å²) >= 11 is 1.20. The SMILES string of the molecule is O=C(Cn1ccccc1=O)Nc1nnc(-c2ccco2)s1. The minimum absolute atomic E-state index is 0.0741. The number of nitrogens with one attached hydrogen (secondary N) is 1. The topological polar surface area (TPSA) is 90.0 Å². The van der Waals surface area contributed by atoms with Crippen LogP contribution in [-0.4, -0.2) is 20.7 Å². The van der Waals surface area contributed by atoms with Crippen molar-refractivity contribution >= 4 is 22.4 Å². The largest absolute Gasteiger partial charge is 0.462 e. The Morgan fingerprint density at radius 1 is 1.29 bits per heavy atom. The number of hydrogen-bond acceptors (Lipinski definition) is 6. The molecule has 0 saturated carbocycles. The van der Waals surface area contributed by atoms with Gasteiger partial charge >= 0.3 is 0 Å². The van der Waals surface area contributed by atoms with E-state index in [1.807, 2.05) is 0 Å². The van der Waals surface area contributed by atoms with E-state index in [0.29, 0.717) is 15.9 Å². The lowest BCUT2D eigenvalue weighted by atomic mass is 10.4. The van der Waals surface area contributed by atoms with Gasteiger partial charge in [0.2, 0.25) is 11.0 Å². The van der Waals surface area contributed by atoms with E-state index in [1.165, 1.54) is 28.2 Å². The van der Waals surface area contributed by atoms with Gasteiger partial charge in [-0.2, -0.15) is 0 Å². The van der Waals surface area contributed by atoms with E-state index in [0.717, 1.165) is 0 Å². The van der Waals surface area contributed by atoms with E-state index >= 15 is 0 Å². The first-order valence-electron chi connectivity index (χ1n) is 6.05. The highest BCUT2D eigenvalue weighted by atomic mass is 32.1. The van der Waals surface area contributed by atoms with Gasteiger partial charge in [-0.1, -0.05) is 17.4 Å². The maximum absolute atomic E-state index is 11.9. The van der Waals surface area contributed by atoms with Crippen molar-refractivity contribution in [3.63, 3.8) is 0 Å². The van der Waals surface area contributed by atoms with E-state index < -0.39 is 0 Å². The quantitative estimate of drug-likeness (QED) is 0.790. The highest BCUT2D eigenvalue weighted by molar-refractivity contribution is 7.18. The Kier molecular flexibility index (Phi) is 3.61. The van der Waals surface area contributed by atoms with Gasteiger partial charge in [0.15, 0.2) is 10.8 Å². The zero-order valence-electron chi connectivity index (χ0n) is 10.7. The standard InChI is InChI=1S/C13H10N4O3S/c18-10(8-17-6-2-1-5-11(17)19)14-13-16-15-12(21-13)9-4-3-7-20-9/h1-7H,8H2,(H,14,16,18). The molecule has 3 rings (SSSR count). The highest BCUT2D eigenvalue weighted by Gasteiger charge is 2.11. The summed E-state index contributed by atoms with van der Waals surface area (Å²) in [5, 5.41) is 11.3. The monoisotopic (exact) mass is 302 g/mol. The Labute approximate surface area is 122 Å². The average Bonchev–Trinajstić information content (AvgIpc) is 3.12. The van der Waals surface area contributed by atoms with Crippen LogP contribution in [-0.2, 0) is 11.3 Å². The molecule has 1 N–H and O–H groups in total. The van der Waals surface area contributed by atoms with Crippen LogP contribution in [0.4, 0.5) is 5.13 Å². The van der Waals surface area contributed by atoms with Gasteiger partial charge in [-0.3, -0.25) is 14.9 Å². The molecule has 7 nitrogen and oxygen atoms in total. The fourth-order valence-electron chi connectivity index (χ4n) is 1.68. The van der Waals surface area contributed by atoms with Gasteiger partial charge in [0, 0.05) is 12.3 Å². The Hall–Kier alpha value is -2.74. The number of hydrogen-bond donors (Lipinski definition) is 1. The van der Waals surface area contributed by atoms with Crippen LogP contribution < -0.4 is 10.9 Å². The molecule has 0 atom stereocenters. The normalized spacial score (nSPS) is 10.5. The summed E-state index contributed by atoms with van der Waals surface area (Å²) in [5.41, 5.74) is -0.235. The number of furan rings is 1. The molecule has 3 aromatic heterocycles. The fraction of sp³-hybridized carbons (Fsp3) is 0.0769. The first-order valence-corrected chi connectivity index (χ1v) is 6.87. The molecule has 21 heavy (non-hydrogen) atoms. The number of carbonyl (C=O) groups excluding carboxylic acids is 1. The molecule has 8 heteroatoms. The number of anilines is 1. The van der Waals surface area contributed by atoms with Gasteiger partial charge in [0.1, 0.15) is 6.54 Å². The van der Waals surface area contributed by atoms with Crippen LogP contribution in [0, 0.1) is 0 Å². The van der Waals surface area contributed by atoms with Crippen LogP contribution in [0.5, 0.6) is 0 Å². The summed E-state index contributed by atoms with van der Waals surface area (Å²) in [4.78, 5) is 23.4. The number of aromatic nitrogens is 3. The number of rotatable bonds is 4. The van der Waals surface area contributed by atoms with Crippen molar-refractivity contribution in [1.29, 1.82) is 0 Å². The zero-order valence-corrected chi connectivity index (χ0v) is 11.5. The smallest absolute Gasteiger partial charge is 0.250 e. The first-order chi connectivity index (χ1) is 10.2. The van der Waals surface area contributed by atoms with E-state index in [1.54, 1.807) is 30.5 Å². The minimum Gasteiger partial charge on any atom is -0.462 e. The number of nitrogens with zero attached hydrogens (tertiary/aromatic N) is 3. The van der Waals surface area contributed by atoms with Crippen LogP contribution in [0.1, 0.15) is 0 Å². The molecule has 0 unspecified atom stereocenters. The first kappa shape index (κ1) is 13.3. The fourth-order valence-corrected chi connectivity index (χ4v) is 2.41. The Bertz CT molecular complexity index is 807. The molecule has 0 bridgehead atoms. The lowest BCUT2D eigenvalue weighted by Crippen LogP contribution is -2.26. The molecule has 106 valence electrons. The van der Waals surface area contributed by atoms with Gasteiger partial charge in [0.25, 0.3) is 5.56 Å². The summed E-state index contributed by atoms with van der Waals surface area (Å²) in [7, 11) is 0. The number of amides is 1.